The number of carbonyl (C=O) groups excluding carboxylic acids is 2. The van der Waals surface area contributed by atoms with Gasteiger partial charge < -0.3 is 14.5 Å². The van der Waals surface area contributed by atoms with Gasteiger partial charge in [-0.15, -0.1) is 0 Å². The van der Waals surface area contributed by atoms with Crippen molar-refractivity contribution in [2.75, 3.05) is 26.2 Å². The molecule has 0 atom stereocenters. The van der Waals surface area contributed by atoms with Gasteiger partial charge in [0.25, 0.3) is 0 Å². The zero-order valence-corrected chi connectivity index (χ0v) is 16.4. The van der Waals surface area contributed by atoms with Crippen molar-refractivity contribution in [3.05, 3.63) is 29.8 Å². The van der Waals surface area contributed by atoms with Gasteiger partial charge in [0.2, 0.25) is 11.8 Å². The van der Waals surface area contributed by atoms with Crippen molar-refractivity contribution in [2.24, 2.45) is 0 Å². The van der Waals surface area contributed by atoms with Gasteiger partial charge in [0.05, 0.1) is 12.5 Å². The van der Waals surface area contributed by atoms with Crippen LogP contribution in [0.2, 0.25) is 0 Å². The topological polar surface area (TPSA) is 49.9 Å². The summed E-state index contributed by atoms with van der Waals surface area (Å²) >= 11 is 0. The highest BCUT2D eigenvalue weighted by Gasteiger charge is 2.21. The summed E-state index contributed by atoms with van der Waals surface area (Å²) in [6.45, 7) is 8.84. The molecule has 1 aliphatic heterocycles. The Kier molecular flexibility index (Phi) is 7.95. The lowest BCUT2D eigenvalue weighted by atomic mass is 10.1. The summed E-state index contributed by atoms with van der Waals surface area (Å²) in [6.07, 6.45) is 3.98. The second kappa shape index (κ2) is 10.2. The molecular weight excluding hydrogens is 328 g/mol. The first-order valence-electron chi connectivity index (χ1n) is 9.80. The van der Waals surface area contributed by atoms with Crippen molar-refractivity contribution in [1.82, 2.24) is 9.80 Å². The van der Waals surface area contributed by atoms with E-state index in [2.05, 4.69) is 6.92 Å². The van der Waals surface area contributed by atoms with Crippen LogP contribution in [0.3, 0.4) is 0 Å². The van der Waals surface area contributed by atoms with Gasteiger partial charge >= 0.3 is 0 Å². The second-order valence-corrected chi connectivity index (χ2v) is 7.21. The summed E-state index contributed by atoms with van der Waals surface area (Å²) in [5.41, 5.74) is 0.992. The van der Waals surface area contributed by atoms with Crippen LogP contribution < -0.4 is 4.74 Å². The third kappa shape index (κ3) is 6.36. The van der Waals surface area contributed by atoms with Crippen LogP contribution in [0.4, 0.5) is 0 Å². The van der Waals surface area contributed by atoms with Crippen molar-refractivity contribution in [1.29, 1.82) is 0 Å². The third-order valence-corrected chi connectivity index (χ3v) is 4.60. The van der Waals surface area contributed by atoms with Gasteiger partial charge in [0.15, 0.2) is 0 Å². The van der Waals surface area contributed by atoms with Crippen molar-refractivity contribution < 1.29 is 14.3 Å². The molecule has 0 N–H and O–H groups in total. The van der Waals surface area contributed by atoms with Crippen LogP contribution in [0, 0.1) is 0 Å². The van der Waals surface area contributed by atoms with Crippen LogP contribution in [0.15, 0.2) is 24.3 Å². The molecule has 0 radical (unpaired) electrons. The maximum atomic E-state index is 12.6. The van der Waals surface area contributed by atoms with Crippen molar-refractivity contribution in [3.63, 3.8) is 0 Å². The number of unbranched alkanes of at least 4 members (excludes halogenated alkanes) is 1. The minimum atomic E-state index is 0.130. The van der Waals surface area contributed by atoms with Crippen LogP contribution in [-0.4, -0.2) is 53.9 Å². The normalized spacial score (nSPS) is 15.1. The molecule has 1 fully saturated rings. The molecule has 0 saturated carbocycles. The number of ether oxygens (including phenoxy) is 1. The largest absolute Gasteiger partial charge is 0.491 e. The third-order valence-electron chi connectivity index (χ3n) is 4.60. The molecule has 1 aromatic carbocycles. The average molecular weight is 360 g/mol. The lowest BCUT2D eigenvalue weighted by Gasteiger charge is -2.22. The molecule has 5 nitrogen and oxygen atoms in total. The first-order valence-corrected chi connectivity index (χ1v) is 9.80. The maximum Gasteiger partial charge on any atom is 0.227 e. The molecule has 0 spiro atoms. The predicted octanol–water partition coefficient (Wildman–Crippen LogP) is 3.27. The summed E-state index contributed by atoms with van der Waals surface area (Å²) in [7, 11) is 0. The van der Waals surface area contributed by atoms with E-state index in [1.165, 1.54) is 0 Å². The minimum absolute atomic E-state index is 0.130. The van der Waals surface area contributed by atoms with Crippen LogP contribution in [0.1, 0.15) is 52.0 Å². The number of benzene rings is 1. The molecule has 0 bridgehead atoms. The molecule has 26 heavy (non-hydrogen) atoms. The van der Waals surface area contributed by atoms with E-state index in [-0.39, 0.29) is 17.9 Å². The van der Waals surface area contributed by atoms with Crippen LogP contribution in [0.25, 0.3) is 0 Å². The summed E-state index contributed by atoms with van der Waals surface area (Å²) < 4.78 is 5.64. The average Bonchev–Trinajstić information content (AvgIpc) is 2.87. The minimum Gasteiger partial charge on any atom is -0.491 e. The van der Waals surface area contributed by atoms with Gasteiger partial charge in [0.1, 0.15) is 5.75 Å². The predicted molar refractivity (Wildman–Crippen MR) is 103 cm³/mol. The fourth-order valence-electron chi connectivity index (χ4n) is 3.15. The molecule has 2 amide bonds. The summed E-state index contributed by atoms with van der Waals surface area (Å²) in [6, 6.07) is 7.74. The van der Waals surface area contributed by atoms with Crippen molar-refractivity contribution in [3.8, 4) is 5.75 Å². The number of hydrogen-bond acceptors (Lipinski definition) is 3. The molecule has 2 rings (SSSR count). The highest BCUT2D eigenvalue weighted by molar-refractivity contribution is 5.79. The quantitative estimate of drug-likeness (QED) is 0.750. The molecule has 0 unspecified atom stereocenters. The summed E-state index contributed by atoms with van der Waals surface area (Å²) in [5, 5.41) is 0. The number of nitrogens with zero attached hydrogens (tertiary/aromatic N) is 2. The zero-order valence-electron chi connectivity index (χ0n) is 16.4. The standard InChI is InChI=1S/C21H32N2O3/c1-4-5-7-20(24)22-12-6-13-23(15-14-22)21(25)16-18-8-10-19(11-9-18)26-17(2)3/h8-11,17H,4-7,12-16H2,1-3H3. The summed E-state index contributed by atoms with van der Waals surface area (Å²) in [5.74, 6) is 1.18. The van der Waals surface area contributed by atoms with Gasteiger partial charge in [-0.05, 0) is 44.4 Å². The SMILES string of the molecule is CCCCC(=O)N1CCCN(C(=O)Cc2ccc(OC(C)C)cc2)CC1. The Balaban J connectivity index is 1.85. The Hall–Kier alpha value is -2.04. The molecule has 0 aromatic heterocycles. The molecule has 5 heteroatoms. The van der Waals surface area contributed by atoms with E-state index in [4.69, 9.17) is 4.74 Å². The van der Waals surface area contributed by atoms with E-state index >= 15 is 0 Å². The lowest BCUT2D eigenvalue weighted by molar-refractivity contribution is -0.133. The number of amides is 2. The zero-order chi connectivity index (χ0) is 18.9. The Bertz CT molecular complexity index is 583. The van der Waals surface area contributed by atoms with Crippen LogP contribution in [0.5, 0.6) is 5.75 Å². The van der Waals surface area contributed by atoms with Gasteiger partial charge in [0, 0.05) is 32.6 Å². The molecule has 1 heterocycles. The molecule has 1 saturated heterocycles. The first kappa shape index (κ1) is 20.3. The number of carbonyl (C=O) groups is 2. The maximum absolute atomic E-state index is 12.6. The van der Waals surface area contributed by atoms with Crippen LogP contribution >= 0.6 is 0 Å². The van der Waals surface area contributed by atoms with E-state index in [0.717, 1.165) is 43.7 Å². The number of rotatable bonds is 7. The van der Waals surface area contributed by atoms with Crippen molar-refractivity contribution in [2.45, 2.75) is 59.0 Å². The van der Waals surface area contributed by atoms with E-state index in [1.54, 1.807) is 0 Å². The van der Waals surface area contributed by atoms with Crippen molar-refractivity contribution >= 4 is 11.8 Å². The van der Waals surface area contributed by atoms with Gasteiger partial charge in [-0.2, -0.15) is 0 Å². The molecular formula is C21H32N2O3. The van der Waals surface area contributed by atoms with E-state index < -0.39 is 0 Å². The van der Waals surface area contributed by atoms with E-state index in [1.807, 2.05) is 47.9 Å². The molecule has 144 valence electrons. The van der Waals surface area contributed by atoms with Crippen LogP contribution in [-0.2, 0) is 16.0 Å². The monoisotopic (exact) mass is 360 g/mol. The Labute approximate surface area is 157 Å². The molecule has 1 aromatic rings. The van der Waals surface area contributed by atoms with E-state index in [0.29, 0.717) is 25.9 Å². The Morgan fingerprint density at radius 3 is 2.19 bits per heavy atom. The van der Waals surface area contributed by atoms with Gasteiger partial charge in [-0.3, -0.25) is 9.59 Å². The second-order valence-electron chi connectivity index (χ2n) is 7.21. The highest BCUT2D eigenvalue weighted by Crippen LogP contribution is 2.15. The summed E-state index contributed by atoms with van der Waals surface area (Å²) in [4.78, 5) is 28.6. The molecule has 1 aliphatic rings. The fourth-order valence-corrected chi connectivity index (χ4v) is 3.15. The van der Waals surface area contributed by atoms with Gasteiger partial charge in [-0.25, -0.2) is 0 Å². The first-order chi connectivity index (χ1) is 12.5. The highest BCUT2D eigenvalue weighted by atomic mass is 16.5. The van der Waals surface area contributed by atoms with E-state index in [9.17, 15) is 9.59 Å². The molecule has 0 aliphatic carbocycles. The number of hydrogen-bond donors (Lipinski definition) is 0. The Morgan fingerprint density at radius 1 is 1.00 bits per heavy atom. The smallest absolute Gasteiger partial charge is 0.227 e. The van der Waals surface area contributed by atoms with Gasteiger partial charge in [-0.1, -0.05) is 25.5 Å². The lowest BCUT2D eigenvalue weighted by Crippen LogP contribution is -2.37. The fraction of sp³-hybridized carbons (Fsp3) is 0.619. The Morgan fingerprint density at radius 2 is 1.62 bits per heavy atom.